The van der Waals surface area contributed by atoms with Crippen molar-refractivity contribution in [2.75, 3.05) is 6.61 Å². The van der Waals surface area contributed by atoms with Crippen molar-refractivity contribution in [3.63, 3.8) is 0 Å². The molecule has 0 aliphatic heterocycles. The Hall–Kier alpha value is -4.18. The summed E-state index contributed by atoms with van der Waals surface area (Å²) in [5.74, 6) is -1.56. The van der Waals surface area contributed by atoms with Crippen LogP contribution in [-0.4, -0.2) is 53.4 Å². The lowest BCUT2D eigenvalue weighted by Gasteiger charge is -2.06. The van der Waals surface area contributed by atoms with Crippen molar-refractivity contribution in [2.45, 2.75) is 16.7 Å². The smallest absolute Gasteiger partial charge is 0.361 e. The number of esters is 1. The highest BCUT2D eigenvalue weighted by atomic mass is 32.2. The molecule has 0 atom stereocenters. The fourth-order valence-electron chi connectivity index (χ4n) is 3.44. The van der Waals surface area contributed by atoms with Gasteiger partial charge >= 0.3 is 5.97 Å². The first-order valence-electron chi connectivity index (χ1n) is 10.4. The minimum absolute atomic E-state index is 0.00612. The average molecular weight is 547 g/mol. The maximum absolute atomic E-state index is 12.5. The monoisotopic (exact) mass is 546 g/mol. The van der Waals surface area contributed by atoms with E-state index >= 15 is 0 Å². The molecule has 0 spiro atoms. The largest absolute Gasteiger partial charge is 0.492 e. The molecule has 4 rings (SSSR count). The normalized spacial score (nSPS) is 12.3. The molecule has 0 unspecified atom stereocenters. The van der Waals surface area contributed by atoms with Crippen LogP contribution in [0.4, 0.5) is 11.4 Å². The first kappa shape index (κ1) is 25.9. The number of aromatic hydroxyl groups is 1. The quantitative estimate of drug-likeness (QED) is 0.174. The molecule has 0 bridgehead atoms. The summed E-state index contributed by atoms with van der Waals surface area (Å²) in [5, 5.41) is 23.3. The van der Waals surface area contributed by atoms with Gasteiger partial charge in [0.2, 0.25) is 11.6 Å². The van der Waals surface area contributed by atoms with Crippen molar-refractivity contribution in [3.8, 4) is 11.6 Å². The summed E-state index contributed by atoms with van der Waals surface area (Å²) in [6.07, 6.45) is 0. The maximum atomic E-state index is 12.5. The molecule has 0 saturated carbocycles. The van der Waals surface area contributed by atoms with E-state index in [1.807, 2.05) is 0 Å². The highest BCUT2D eigenvalue weighted by molar-refractivity contribution is 7.86. The van der Waals surface area contributed by atoms with Gasteiger partial charge in [-0.3, -0.25) is 9.11 Å². The standard InChI is InChI=1S/C22H18N4O9S2/c1-2-35-22(28)20-19(21(27)26(25-20)13-7-9-14(10-8-13)36(29,30)31)24-23-17-11-12-18(37(32,33)34)16-6-4-3-5-15(16)17/h3-12,27H,2H2,1H3,(H,29,30,31)(H,32,33,34). The molecule has 192 valence electrons. The zero-order chi connectivity index (χ0) is 27.0. The summed E-state index contributed by atoms with van der Waals surface area (Å²) >= 11 is 0. The predicted molar refractivity (Wildman–Crippen MR) is 129 cm³/mol. The van der Waals surface area contributed by atoms with Crippen LogP contribution >= 0.6 is 0 Å². The number of carbonyl (C=O) groups is 1. The summed E-state index contributed by atoms with van der Waals surface area (Å²) in [4.78, 5) is 11.8. The molecule has 37 heavy (non-hydrogen) atoms. The van der Waals surface area contributed by atoms with E-state index in [0.717, 1.165) is 22.9 Å². The average Bonchev–Trinajstić information content (AvgIpc) is 3.17. The molecule has 3 aromatic carbocycles. The van der Waals surface area contributed by atoms with Crippen LogP contribution in [0.1, 0.15) is 17.4 Å². The van der Waals surface area contributed by atoms with Crippen molar-refractivity contribution in [1.29, 1.82) is 0 Å². The number of aromatic nitrogens is 2. The van der Waals surface area contributed by atoms with E-state index < -0.39 is 42.7 Å². The van der Waals surface area contributed by atoms with E-state index in [1.54, 1.807) is 25.1 Å². The Morgan fingerprint density at radius 3 is 2.16 bits per heavy atom. The second kappa shape index (κ2) is 9.70. The van der Waals surface area contributed by atoms with Crippen LogP contribution in [0.25, 0.3) is 16.5 Å². The van der Waals surface area contributed by atoms with Gasteiger partial charge in [-0.2, -0.15) is 26.6 Å². The van der Waals surface area contributed by atoms with E-state index in [2.05, 4.69) is 15.3 Å². The first-order valence-corrected chi connectivity index (χ1v) is 13.3. The van der Waals surface area contributed by atoms with Gasteiger partial charge in [-0.1, -0.05) is 24.3 Å². The van der Waals surface area contributed by atoms with E-state index in [1.165, 1.54) is 24.3 Å². The van der Waals surface area contributed by atoms with Crippen LogP contribution in [0, 0.1) is 0 Å². The van der Waals surface area contributed by atoms with Gasteiger partial charge in [0.15, 0.2) is 5.69 Å². The molecule has 1 heterocycles. The topological polar surface area (TPSA) is 198 Å². The van der Waals surface area contributed by atoms with Crippen LogP contribution < -0.4 is 0 Å². The van der Waals surface area contributed by atoms with Crippen molar-refractivity contribution in [2.24, 2.45) is 10.2 Å². The highest BCUT2D eigenvalue weighted by Crippen LogP contribution is 2.37. The lowest BCUT2D eigenvalue weighted by Crippen LogP contribution is -2.07. The number of rotatable bonds is 7. The van der Waals surface area contributed by atoms with E-state index in [-0.39, 0.29) is 34.0 Å². The fraction of sp³-hybridized carbons (Fsp3) is 0.0909. The number of benzene rings is 3. The SMILES string of the molecule is CCOC(=O)c1nn(-c2ccc(S(=O)(=O)O)cc2)c(O)c1N=Nc1ccc(S(=O)(=O)O)c2ccccc12. The fourth-order valence-corrected chi connectivity index (χ4v) is 4.62. The number of hydrogen-bond donors (Lipinski definition) is 3. The number of ether oxygens (including phenoxy) is 1. The molecule has 15 heteroatoms. The predicted octanol–water partition coefficient (Wildman–Crippen LogP) is 3.82. The molecule has 13 nitrogen and oxygen atoms in total. The molecular weight excluding hydrogens is 528 g/mol. The first-order chi connectivity index (χ1) is 17.4. The molecule has 0 aliphatic rings. The third-order valence-corrected chi connectivity index (χ3v) is 6.86. The van der Waals surface area contributed by atoms with Crippen molar-refractivity contribution < 1.29 is 40.6 Å². The number of fused-ring (bicyclic) bond motifs is 1. The lowest BCUT2D eigenvalue weighted by molar-refractivity contribution is 0.0519. The van der Waals surface area contributed by atoms with Gasteiger partial charge in [0.1, 0.15) is 4.90 Å². The third kappa shape index (κ3) is 5.19. The second-order valence-corrected chi connectivity index (χ2v) is 10.2. The molecule has 3 N–H and O–H groups in total. The summed E-state index contributed by atoms with van der Waals surface area (Å²) < 4.78 is 70.6. The highest BCUT2D eigenvalue weighted by Gasteiger charge is 2.26. The van der Waals surface area contributed by atoms with E-state index in [4.69, 9.17) is 9.29 Å². The Bertz CT molecular complexity index is 1760. The Kier molecular flexibility index (Phi) is 6.79. The van der Waals surface area contributed by atoms with Gasteiger partial charge in [-0.05, 0) is 43.3 Å². The summed E-state index contributed by atoms with van der Waals surface area (Å²) in [6, 6.07) is 13.2. The van der Waals surface area contributed by atoms with Gasteiger partial charge < -0.3 is 9.84 Å². The molecule has 0 amide bonds. The van der Waals surface area contributed by atoms with Crippen LogP contribution in [0.5, 0.6) is 5.88 Å². The molecule has 4 aromatic rings. The Morgan fingerprint density at radius 2 is 1.57 bits per heavy atom. The summed E-state index contributed by atoms with van der Waals surface area (Å²) in [5.41, 5.74) is -0.497. The van der Waals surface area contributed by atoms with Crippen molar-refractivity contribution in [3.05, 3.63) is 66.4 Å². The number of nitrogens with zero attached hydrogens (tertiary/aromatic N) is 4. The van der Waals surface area contributed by atoms with Gasteiger partial charge in [-0.25, -0.2) is 4.79 Å². The van der Waals surface area contributed by atoms with Crippen molar-refractivity contribution >= 4 is 48.4 Å². The van der Waals surface area contributed by atoms with Crippen LogP contribution in [0.3, 0.4) is 0 Å². The summed E-state index contributed by atoms with van der Waals surface area (Å²) in [6.45, 7) is 1.56. The molecule has 1 aromatic heterocycles. The molecule has 0 saturated heterocycles. The minimum atomic E-state index is -4.52. The maximum Gasteiger partial charge on any atom is 0.361 e. The van der Waals surface area contributed by atoms with E-state index in [0.29, 0.717) is 5.39 Å². The number of azo groups is 1. The molecular formula is C22H18N4O9S2. The van der Waals surface area contributed by atoms with Gasteiger partial charge in [-0.15, -0.1) is 10.2 Å². The summed E-state index contributed by atoms with van der Waals surface area (Å²) in [7, 11) is -8.98. The Morgan fingerprint density at radius 1 is 0.919 bits per heavy atom. The second-order valence-electron chi connectivity index (χ2n) is 7.43. The number of carbonyl (C=O) groups excluding carboxylic acids is 1. The zero-order valence-corrected chi connectivity index (χ0v) is 20.5. The van der Waals surface area contributed by atoms with Crippen LogP contribution in [-0.2, 0) is 25.0 Å². The van der Waals surface area contributed by atoms with Gasteiger partial charge in [0.05, 0.1) is 22.9 Å². The van der Waals surface area contributed by atoms with Crippen LogP contribution in [0.15, 0.2) is 80.7 Å². The zero-order valence-electron chi connectivity index (χ0n) is 18.9. The molecule has 0 aliphatic carbocycles. The third-order valence-electron chi connectivity index (χ3n) is 5.08. The van der Waals surface area contributed by atoms with Gasteiger partial charge in [0, 0.05) is 10.8 Å². The van der Waals surface area contributed by atoms with Crippen LogP contribution in [0.2, 0.25) is 0 Å². The Balaban J connectivity index is 1.84. The van der Waals surface area contributed by atoms with Crippen molar-refractivity contribution in [1.82, 2.24) is 9.78 Å². The molecule has 0 fully saturated rings. The van der Waals surface area contributed by atoms with E-state index in [9.17, 15) is 31.3 Å². The lowest BCUT2D eigenvalue weighted by atomic mass is 10.1. The van der Waals surface area contributed by atoms with Gasteiger partial charge in [0.25, 0.3) is 20.2 Å². The molecule has 0 radical (unpaired) electrons. The number of hydrogen-bond acceptors (Lipinski definition) is 10. The minimum Gasteiger partial charge on any atom is -0.492 e. The Labute approximate surface area is 210 Å².